The molecule has 1 atom stereocenters. The second-order valence-electron chi connectivity index (χ2n) is 7.51. The topological polar surface area (TPSA) is 115 Å². The van der Waals surface area contributed by atoms with Crippen LogP contribution in [0.15, 0.2) is 59.6 Å². The number of ether oxygens (including phenoxy) is 1. The first kappa shape index (κ1) is 22.1. The molecule has 1 amide bonds. The van der Waals surface area contributed by atoms with Gasteiger partial charge < -0.3 is 15.4 Å². The van der Waals surface area contributed by atoms with E-state index in [0.717, 1.165) is 16.3 Å². The van der Waals surface area contributed by atoms with Gasteiger partial charge in [-0.2, -0.15) is 4.72 Å². The maximum absolute atomic E-state index is 13.0. The predicted molar refractivity (Wildman–Crippen MR) is 125 cm³/mol. The second-order valence-corrected chi connectivity index (χ2v) is 9.66. The number of nitrogens with one attached hydrogen (secondary N) is 1. The number of pyridine rings is 1. The van der Waals surface area contributed by atoms with Crippen molar-refractivity contribution in [3.05, 3.63) is 66.0 Å². The summed E-state index contributed by atoms with van der Waals surface area (Å²) in [6.07, 6.45) is 1.96. The number of thiocarbonyl (C=S) groups is 1. The molecule has 3 N–H and O–H groups in total. The molecule has 166 valence electrons. The number of hydrogen-bond donors (Lipinski definition) is 2. The number of carbonyl (C=O) groups excluding carboxylic acids is 1. The lowest BCUT2D eigenvalue weighted by Gasteiger charge is -2.18. The highest BCUT2D eigenvalue weighted by Crippen LogP contribution is 2.25. The maximum atomic E-state index is 13.0. The molecule has 0 spiro atoms. The first-order valence-electron chi connectivity index (χ1n) is 9.90. The highest BCUT2D eigenvalue weighted by Gasteiger charge is 2.35. The summed E-state index contributed by atoms with van der Waals surface area (Å²) in [5.74, 6) is 0.362. The minimum Gasteiger partial charge on any atom is -0.497 e. The van der Waals surface area contributed by atoms with Crippen molar-refractivity contribution < 1.29 is 17.9 Å². The Bertz CT molecular complexity index is 1310. The smallest absolute Gasteiger partial charge is 0.241 e. The summed E-state index contributed by atoms with van der Waals surface area (Å²) in [5.41, 5.74) is 6.92. The van der Waals surface area contributed by atoms with Gasteiger partial charge in [0, 0.05) is 19.3 Å². The van der Waals surface area contributed by atoms with Gasteiger partial charge in [0.25, 0.3) is 0 Å². The Morgan fingerprint density at radius 3 is 2.75 bits per heavy atom. The normalized spacial score (nSPS) is 16.5. The standard InChI is InChI=1S/C22H22N4O4S2/c1-30-17-4-2-15-3-5-18(12-16(15)11-17)32(28,29)25-19-7-9-26(22(19)27)13-14-6-8-24-20(10-14)21(23)31/h2-6,8,10-12,19,25H,7,9,13H2,1H3,(H2,23,31)/t19-/m0/s1. The molecule has 0 unspecified atom stereocenters. The highest BCUT2D eigenvalue weighted by atomic mass is 32.2. The number of nitrogens with two attached hydrogens (primary N) is 1. The Morgan fingerprint density at radius 2 is 2.00 bits per heavy atom. The van der Waals surface area contributed by atoms with Gasteiger partial charge in [-0.3, -0.25) is 9.78 Å². The monoisotopic (exact) mass is 470 g/mol. The van der Waals surface area contributed by atoms with Crippen LogP contribution in [0.25, 0.3) is 10.8 Å². The van der Waals surface area contributed by atoms with Crippen molar-refractivity contribution in [3.63, 3.8) is 0 Å². The van der Waals surface area contributed by atoms with Crippen LogP contribution in [0.1, 0.15) is 17.7 Å². The molecule has 1 aliphatic heterocycles. The van der Waals surface area contributed by atoms with E-state index in [1.807, 2.05) is 12.1 Å². The number of hydrogen-bond acceptors (Lipinski definition) is 6. The van der Waals surface area contributed by atoms with Gasteiger partial charge in [0.15, 0.2) is 0 Å². The zero-order valence-electron chi connectivity index (χ0n) is 17.3. The van der Waals surface area contributed by atoms with Crippen molar-refractivity contribution in [1.29, 1.82) is 0 Å². The number of amides is 1. The van der Waals surface area contributed by atoms with Crippen LogP contribution in [0.5, 0.6) is 5.75 Å². The molecule has 1 fully saturated rings. The zero-order valence-corrected chi connectivity index (χ0v) is 18.9. The summed E-state index contributed by atoms with van der Waals surface area (Å²) in [6.45, 7) is 0.761. The molecule has 4 rings (SSSR count). The second kappa shape index (κ2) is 8.81. The molecule has 10 heteroatoms. The molecular formula is C22H22N4O4S2. The third-order valence-corrected chi connectivity index (χ3v) is 7.05. The number of benzene rings is 2. The van der Waals surface area contributed by atoms with Crippen molar-refractivity contribution in [2.75, 3.05) is 13.7 Å². The molecule has 2 heterocycles. The quantitative estimate of drug-likeness (QED) is 0.507. The summed E-state index contributed by atoms with van der Waals surface area (Å²) in [6, 6.07) is 13.0. The summed E-state index contributed by atoms with van der Waals surface area (Å²) in [7, 11) is -2.33. The van der Waals surface area contributed by atoms with Crippen LogP contribution >= 0.6 is 12.2 Å². The number of fused-ring (bicyclic) bond motifs is 1. The van der Waals surface area contributed by atoms with E-state index in [1.54, 1.807) is 48.5 Å². The molecule has 32 heavy (non-hydrogen) atoms. The molecule has 3 aromatic rings. The van der Waals surface area contributed by atoms with E-state index in [-0.39, 0.29) is 15.8 Å². The van der Waals surface area contributed by atoms with Crippen molar-refractivity contribution in [2.45, 2.75) is 23.9 Å². The van der Waals surface area contributed by atoms with Crippen LogP contribution in [0.3, 0.4) is 0 Å². The van der Waals surface area contributed by atoms with Crippen LogP contribution < -0.4 is 15.2 Å². The molecule has 8 nitrogen and oxygen atoms in total. The first-order valence-corrected chi connectivity index (χ1v) is 11.8. The minimum absolute atomic E-state index is 0.0970. The lowest BCUT2D eigenvalue weighted by molar-refractivity contribution is -0.129. The third-order valence-electron chi connectivity index (χ3n) is 5.37. The van der Waals surface area contributed by atoms with Crippen LogP contribution in [0, 0.1) is 0 Å². The van der Waals surface area contributed by atoms with E-state index >= 15 is 0 Å². The van der Waals surface area contributed by atoms with Crippen molar-refractivity contribution in [2.24, 2.45) is 5.73 Å². The van der Waals surface area contributed by atoms with Gasteiger partial charge in [0.05, 0.1) is 17.7 Å². The Hall–Kier alpha value is -3.08. The van der Waals surface area contributed by atoms with E-state index in [9.17, 15) is 13.2 Å². The number of aromatic nitrogens is 1. The molecule has 1 aliphatic rings. The number of methoxy groups -OCH3 is 1. The van der Waals surface area contributed by atoms with E-state index < -0.39 is 16.1 Å². The predicted octanol–water partition coefficient (Wildman–Crippen LogP) is 1.96. The molecule has 0 saturated carbocycles. The highest BCUT2D eigenvalue weighted by molar-refractivity contribution is 7.89. The fourth-order valence-electron chi connectivity index (χ4n) is 3.69. The van der Waals surface area contributed by atoms with Gasteiger partial charge in [-0.25, -0.2) is 8.42 Å². The fourth-order valence-corrected chi connectivity index (χ4v) is 5.06. The molecule has 0 radical (unpaired) electrons. The molecular weight excluding hydrogens is 448 g/mol. The Kier molecular flexibility index (Phi) is 6.09. The van der Waals surface area contributed by atoms with E-state index in [0.29, 0.717) is 31.0 Å². The number of sulfonamides is 1. The summed E-state index contributed by atoms with van der Waals surface area (Å²) in [4.78, 5) is 18.8. The molecule has 1 saturated heterocycles. The Labute approximate surface area is 191 Å². The summed E-state index contributed by atoms with van der Waals surface area (Å²) < 4.78 is 33.7. The van der Waals surface area contributed by atoms with Gasteiger partial charge >= 0.3 is 0 Å². The first-order chi connectivity index (χ1) is 15.3. The van der Waals surface area contributed by atoms with E-state index in [4.69, 9.17) is 22.7 Å². The zero-order chi connectivity index (χ0) is 22.9. The molecule has 1 aromatic heterocycles. The number of carbonyl (C=O) groups is 1. The van der Waals surface area contributed by atoms with E-state index in [1.165, 1.54) is 6.07 Å². The van der Waals surface area contributed by atoms with Gasteiger partial charge in [-0.05, 0) is 59.2 Å². The average molecular weight is 471 g/mol. The summed E-state index contributed by atoms with van der Waals surface area (Å²) in [5, 5.41) is 1.62. The van der Waals surface area contributed by atoms with E-state index in [2.05, 4.69) is 9.71 Å². The largest absolute Gasteiger partial charge is 0.497 e. The van der Waals surface area contributed by atoms with Gasteiger partial charge in [-0.15, -0.1) is 0 Å². The minimum atomic E-state index is -3.88. The van der Waals surface area contributed by atoms with Gasteiger partial charge in [-0.1, -0.05) is 24.4 Å². The SMILES string of the molecule is COc1ccc2ccc(S(=O)(=O)N[C@H]3CCN(Cc4ccnc(C(N)=S)c4)C3=O)cc2c1. The van der Waals surface area contributed by atoms with Crippen LogP contribution in [-0.4, -0.2) is 48.9 Å². The Balaban J connectivity index is 1.49. The molecule has 2 aromatic carbocycles. The van der Waals surface area contributed by atoms with Gasteiger partial charge in [0.2, 0.25) is 15.9 Å². The van der Waals surface area contributed by atoms with Crippen molar-refractivity contribution in [3.8, 4) is 5.75 Å². The van der Waals surface area contributed by atoms with Crippen LogP contribution in [-0.2, 0) is 21.4 Å². The van der Waals surface area contributed by atoms with Gasteiger partial charge in [0.1, 0.15) is 16.8 Å². The number of rotatable bonds is 7. The van der Waals surface area contributed by atoms with Crippen molar-refractivity contribution >= 4 is 43.9 Å². The molecule has 0 bridgehead atoms. The number of likely N-dealkylation sites (tertiary alicyclic amines) is 1. The van der Waals surface area contributed by atoms with Crippen LogP contribution in [0.2, 0.25) is 0 Å². The lowest BCUT2D eigenvalue weighted by Crippen LogP contribution is -2.41. The third kappa shape index (κ3) is 4.57. The average Bonchev–Trinajstić information content (AvgIpc) is 3.11. The maximum Gasteiger partial charge on any atom is 0.241 e. The molecule has 0 aliphatic carbocycles. The lowest BCUT2D eigenvalue weighted by atomic mass is 10.1. The Morgan fingerprint density at radius 1 is 1.22 bits per heavy atom. The number of nitrogens with zero attached hydrogens (tertiary/aromatic N) is 2. The summed E-state index contributed by atoms with van der Waals surface area (Å²) >= 11 is 4.95. The fraction of sp³-hybridized carbons (Fsp3) is 0.227. The van der Waals surface area contributed by atoms with Crippen LogP contribution in [0.4, 0.5) is 0 Å². The van der Waals surface area contributed by atoms with Crippen molar-refractivity contribution in [1.82, 2.24) is 14.6 Å².